The third-order valence-electron chi connectivity index (χ3n) is 5.00. The summed E-state index contributed by atoms with van der Waals surface area (Å²) in [5.41, 5.74) is -0.132. The van der Waals surface area contributed by atoms with Gasteiger partial charge in [0, 0.05) is 16.8 Å². The number of anilines is 1. The monoisotopic (exact) mass is 415 g/mol. The van der Waals surface area contributed by atoms with Gasteiger partial charge >= 0.3 is 6.03 Å². The van der Waals surface area contributed by atoms with Crippen molar-refractivity contribution >= 4 is 35.1 Å². The fourth-order valence-corrected chi connectivity index (χ4v) is 3.59. The molecule has 0 spiro atoms. The van der Waals surface area contributed by atoms with E-state index < -0.39 is 29.9 Å². The van der Waals surface area contributed by atoms with Gasteiger partial charge in [-0.3, -0.25) is 14.5 Å². The van der Waals surface area contributed by atoms with Gasteiger partial charge in [0.2, 0.25) is 12.7 Å². The van der Waals surface area contributed by atoms with E-state index in [1.165, 1.54) is 0 Å². The topological polar surface area (TPSA) is 97.0 Å². The molecule has 2 aromatic rings. The first-order chi connectivity index (χ1) is 13.9. The highest BCUT2D eigenvalue weighted by Crippen LogP contribution is 2.35. The molecule has 9 heteroatoms. The summed E-state index contributed by atoms with van der Waals surface area (Å²) in [7, 11) is 0. The average Bonchev–Trinajstić information content (AvgIpc) is 3.26. The minimum absolute atomic E-state index is 0.124. The number of amides is 4. The fourth-order valence-electron chi connectivity index (χ4n) is 3.46. The fraction of sp³-hybridized carbons (Fsp3) is 0.250. The van der Waals surface area contributed by atoms with Crippen molar-refractivity contribution in [1.29, 1.82) is 0 Å². The summed E-state index contributed by atoms with van der Waals surface area (Å²) in [6.07, 6.45) is 0.333. The maximum Gasteiger partial charge on any atom is 0.325 e. The van der Waals surface area contributed by atoms with Crippen molar-refractivity contribution < 1.29 is 23.9 Å². The number of fused-ring (bicyclic) bond motifs is 1. The number of hydrogen-bond acceptors (Lipinski definition) is 5. The second kappa shape index (κ2) is 7.29. The molecule has 0 saturated carbocycles. The zero-order valence-electron chi connectivity index (χ0n) is 15.5. The Morgan fingerprint density at radius 2 is 1.90 bits per heavy atom. The summed E-state index contributed by atoms with van der Waals surface area (Å²) in [5, 5.41) is 5.92. The Morgan fingerprint density at radius 3 is 2.62 bits per heavy atom. The molecule has 2 aliphatic heterocycles. The van der Waals surface area contributed by atoms with Gasteiger partial charge in [-0.05, 0) is 36.2 Å². The molecular formula is C20H18ClN3O5. The first-order valence-corrected chi connectivity index (χ1v) is 9.40. The Labute approximate surface area is 171 Å². The molecule has 0 aliphatic carbocycles. The SMILES string of the molecule is CC[C@]1(c2ccc(Cl)cc2)NC(=O)N(CC(=O)Nc2ccc3c(c2)OCO3)C1=O. The van der Waals surface area contributed by atoms with E-state index >= 15 is 0 Å². The summed E-state index contributed by atoms with van der Waals surface area (Å²) < 4.78 is 10.5. The molecule has 4 rings (SSSR count). The number of urea groups is 1. The van der Waals surface area contributed by atoms with E-state index in [0.29, 0.717) is 34.2 Å². The molecule has 0 bridgehead atoms. The van der Waals surface area contributed by atoms with Crippen molar-refractivity contribution in [1.82, 2.24) is 10.2 Å². The van der Waals surface area contributed by atoms with E-state index in [-0.39, 0.29) is 6.79 Å². The first-order valence-electron chi connectivity index (χ1n) is 9.02. The van der Waals surface area contributed by atoms with Crippen LogP contribution in [0.5, 0.6) is 11.5 Å². The number of nitrogens with zero attached hydrogens (tertiary/aromatic N) is 1. The number of rotatable bonds is 5. The molecule has 0 radical (unpaired) electrons. The summed E-state index contributed by atoms with van der Waals surface area (Å²) in [5.74, 6) is 0.127. The van der Waals surface area contributed by atoms with Crippen molar-refractivity contribution in [3.63, 3.8) is 0 Å². The molecule has 4 amide bonds. The van der Waals surface area contributed by atoms with Crippen molar-refractivity contribution in [3.8, 4) is 11.5 Å². The summed E-state index contributed by atoms with van der Waals surface area (Å²) in [6.45, 7) is 1.51. The zero-order valence-corrected chi connectivity index (χ0v) is 16.3. The average molecular weight is 416 g/mol. The number of hydrogen-bond donors (Lipinski definition) is 2. The lowest BCUT2D eigenvalue weighted by Crippen LogP contribution is -2.44. The molecule has 0 unspecified atom stereocenters. The third-order valence-corrected chi connectivity index (χ3v) is 5.25. The van der Waals surface area contributed by atoms with Crippen LogP contribution in [0.1, 0.15) is 18.9 Å². The van der Waals surface area contributed by atoms with Gasteiger partial charge in [-0.15, -0.1) is 0 Å². The van der Waals surface area contributed by atoms with Crippen LogP contribution >= 0.6 is 11.6 Å². The standard InChI is InChI=1S/C20H18ClN3O5/c1-2-20(12-3-5-13(21)6-4-12)18(26)24(19(27)23-20)10-17(25)22-14-7-8-15-16(9-14)29-11-28-15/h3-9H,2,10-11H2,1H3,(H,22,25)(H,23,27)/t20-/m1/s1. The van der Waals surface area contributed by atoms with Crippen molar-refractivity contribution in [2.45, 2.75) is 18.9 Å². The highest BCUT2D eigenvalue weighted by molar-refractivity contribution is 6.30. The van der Waals surface area contributed by atoms with E-state index in [4.69, 9.17) is 21.1 Å². The van der Waals surface area contributed by atoms with E-state index in [9.17, 15) is 14.4 Å². The van der Waals surface area contributed by atoms with Crippen LogP contribution in [0, 0.1) is 0 Å². The molecule has 1 atom stereocenters. The van der Waals surface area contributed by atoms with Crippen LogP contribution in [0.25, 0.3) is 0 Å². The Morgan fingerprint density at radius 1 is 1.17 bits per heavy atom. The highest BCUT2D eigenvalue weighted by Gasteiger charge is 2.51. The van der Waals surface area contributed by atoms with Crippen LogP contribution in [0.2, 0.25) is 5.02 Å². The summed E-state index contributed by atoms with van der Waals surface area (Å²) >= 11 is 5.93. The lowest BCUT2D eigenvalue weighted by atomic mass is 9.87. The van der Waals surface area contributed by atoms with E-state index in [1.807, 2.05) is 0 Å². The van der Waals surface area contributed by atoms with E-state index in [1.54, 1.807) is 49.4 Å². The van der Waals surface area contributed by atoms with Crippen molar-refractivity contribution in [2.24, 2.45) is 0 Å². The Kier molecular flexibility index (Phi) is 4.79. The number of carbonyl (C=O) groups excluding carboxylic acids is 3. The molecule has 0 aromatic heterocycles. The molecule has 2 N–H and O–H groups in total. The van der Waals surface area contributed by atoms with Gasteiger partial charge in [-0.25, -0.2) is 4.79 Å². The summed E-state index contributed by atoms with van der Waals surface area (Å²) in [6, 6.07) is 11.0. The minimum Gasteiger partial charge on any atom is -0.454 e. The quantitative estimate of drug-likeness (QED) is 0.732. The first kappa shape index (κ1) is 19.1. The molecule has 2 aromatic carbocycles. The smallest absolute Gasteiger partial charge is 0.325 e. The number of carbonyl (C=O) groups is 3. The molecular weight excluding hydrogens is 398 g/mol. The third kappa shape index (κ3) is 3.36. The lowest BCUT2D eigenvalue weighted by Gasteiger charge is -2.25. The van der Waals surface area contributed by atoms with Crippen LogP contribution in [0.3, 0.4) is 0 Å². The van der Waals surface area contributed by atoms with Gasteiger partial charge in [0.1, 0.15) is 12.1 Å². The second-order valence-corrected chi connectivity index (χ2v) is 7.14. The maximum absolute atomic E-state index is 13.1. The molecule has 150 valence electrons. The molecule has 1 fully saturated rings. The van der Waals surface area contributed by atoms with Gasteiger partial charge in [0.15, 0.2) is 11.5 Å². The van der Waals surface area contributed by atoms with Gasteiger partial charge in [-0.1, -0.05) is 30.7 Å². The Balaban J connectivity index is 1.50. The minimum atomic E-state index is -1.22. The molecule has 29 heavy (non-hydrogen) atoms. The predicted molar refractivity (Wildman–Crippen MR) is 105 cm³/mol. The molecule has 2 heterocycles. The van der Waals surface area contributed by atoms with Gasteiger partial charge in [0.25, 0.3) is 5.91 Å². The number of benzene rings is 2. The second-order valence-electron chi connectivity index (χ2n) is 6.70. The van der Waals surface area contributed by atoms with Crippen LogP contribution < -0.4 is 20.1 Å². The van der Waals surface area contributed by atoms with E-state index in [2.05, 4.69) is 10.6 Å². The Bertz CT molecular complexity index is 994. The maximum atomic E-state index is 13.1. The van der Waals surface area contributed by atoms with Crippen molar-refractivity contribution in [3.05, 3.63) is 53.1 Å². The zero-order chi connectivity index (χ0) is 20.6. The van der Waals surface area contributed by atoms with Crippen LogP contribution in [0.4, 0.5) is 10.5 Å². The lowest BCUT2D eigenvalue weighted by molar-refractivity contribution is -0.134. The van der Waals surface area contributed by atoms with E-state index in [0.717, 1.165) is 4.90 Å². The normalized spacial score (nSPS) is 20.0. The molecule has 8 nitrogen and oxygen atoms in total. The molecule has 2 aliphatic rings. The number of ether oxygens (including phenoxy) is 2. The number of halogens is 1. The predicted octanol–water partition coefficient (Wildman–Crippen LogP) is 2.86. The number of nitrogens with one attached hydrogen (secondary N) is 2. The van der Waals surface area contributed by atoms with Crippen molar-refractivity contribution in [2.75, 3.05) is 18.7 Å². The Hall–Kier alpha value is -3.26. The van der Waals surface area contributed by atoms with Crippen LogP contribution in [-0.2, 0) is 15.1 Å². The van der Waals surface area contributed by atoms with Gasteiger partial charge in [0.05, 0.1) is 0 Å². The summed E-state index contributed by atoms with van der Waals surface area (Å²) in [4.78, 5) is 39.0. The van der Waals surface area contributed by atoms with Crippen LogP contribution in [-0.4, -0.2) is 36.1 Å². The van der Waals surface area contributed by atoms with Gasteiger partial charge in [-0.2, -0.15) is 0 Å². The number of imide groups is 1. The van der Waals surface area contributed by atoms with Gasteiger partial charge < -0.3 is 20.1 Å². The highest BCUT2D eigenvalue weighted by atomic mass is 35.5. The largest absolute Gasteiger partial charge is 0.454 e. The van der Waals surface area contributed by atoms with Crippen LogP contribution in [0.15, 0.2) is 42.5 Å². The molecule has 1 saturated heterocycles.